The van der Waals surface area contributed by atoms with Crippen molar-refractivity contribution in [1.29, 1.82) is 0 Å². The van der Waals surface area contributed by atoms with E-state index in [1.54, 1.807) is 0 Å². The van der Waals surface area contributed by atoms with E-state index in [2.05, 4.69) is 24.3 Å². The third-order valence-corrected chi connectivity index (χ3v) is 2.80. The number of rotatable bonds is 5. The zero-order valence-corrected chi connectivity index (χ0v) is 9.75. The van der Waals surface area contributed by atoms with Gasteiger partial charge in [0.1, 0.15) is 0 Å². The fraction of sp³-hybridized carbons (Fsp3) is 0.200. The van der Waals surface area contributed by atoms with Gasteiger partial charge in [0, 0.05) is 6.10 Å². The smallest absolute Gasteiger partial charge is 0.283 e. The standard InChI is InChI=1S/C15H15BO/c16-17-15(11-13-7-3-1-4-8-13)12-14-9-5-2-6-10-14/h1-10,15H,11-12H2. The van der Waals surface area contributed by atoms with Crippen LogP contribution >= 0.6 is 0 Å². The van der Waals surface area contributed by atoms with Crippen molar-refractivity contribution in [2.24, 2.45) is 0 Å². The first-order valence-electron chi connectivity index (χ1n) is 5.82. The second-order valence-electron chi connectivity index (χ2n) is 4.14. The Bertz CT molecular complexity index is 386. The number of hydrogen-bond donors (Lipinski definition) is 0. The van der Waals surface area contributed by atoms with Crippen LogP contribution in [-0.2, 0) is 17.5 Å². The minimum absolute atomic E-state index is 0.0276. The summed E-state index contributed by atoms with van der Waals surface area (Å²) in [5.41, 5.74) is 2.50. The lowest BCUT2D eigenvalue weighted by Crippen LogP contribution is -2.17. The first-order chi connectivity index (χ1) is 8.38. The molecule has 2 heteroatoms. The molecular formula is C15H15BO. The van der Waals surface area contributed by atoms with Gasteiger partial charge in [-0.05, 0) is 24.0 Å². The Morgan fingerprint density at radius 2 is 1.18 bits per heavy atom. The summed E-state index contributed by atoms with van der Waals surface area (Å²) >= 11 is 0. The van der Waals surface area contributed by atoms with Gasteiger partial charge in [-0.25, -0.2) is 0 Å². The molecule has 0 amide bonds. The lowest BCUT2D eigenvalue weighted by Gasteiger charge is -2.16. The van der Waals surface area contributed by atoms with Crippen molar-refractivity contribution < 1.29 is 4.65 Å². The molecule has 0 fully saturated rings. The average Bonchev–Trinajstić information content (AvgIpc) is 2.40. The highest BCUT2D eigenvalue weighted by molar-refractivity contribution is 5.98. The first kappa shape index (κ1) is 11.9. The minimum atomic E-state index is 0.0276. The van der Waals surface area contributed by atoms with E-state index in [-0.39, 0.29) is 6.10 Å². The highest BCUT2D eigenvalue weighted by atomic mass is 16.4. The molecule has 84 valence electrons. The molecule has 2 aromatic rings. The summed E-state index contributed by atoms with van der Waals surface area (Å²) in [4.78, 5) is 0. The Balaban J connectivity index is 1.98. The molecule has 0 saturated carbocycles. The van der Waals surface area contributed by atoms with Crippen molar-refractivity contribution in [1.82, 2.24) is 0 Å². The first-order valence-corrected chi connectivity index (χ1v) is 5.82. The van der Waals surface area contributed by atoms with Gasteiger partial charge in [-0.3, -0.25) is 0 Å². The van der Waals surface area contributed by atoms with Gasteiger partial charge < -0.3 is 4.65 Å². The summed E-state index contributed by atoms with van der Waals surface area (Å²) in [5, 5.41) is 0. The van der Waals surface area contributed by atoms with Crippen LogP contribution in [0, 0.1) is 0 Å². The van der Waals surface area contributed by atoms with Crippen molar-refractivity contribution in [3.8, 4) is 0 Å². The monoisotopic (exact) mass is 222 g/mol. The van der Waals surface area contributed by atoms with E-state index < -0.39 is 0 Å². The van der Waals surface area contributed by atoms with E-state index in [1.807, 2.05) is 36.4 Å². The second kappa shape index (κ2) is 6.26. The molecule has 0 atom stereocenters. The molecule has 2 radical (unpaired) electrons. The third kappa shape index (κ3) is 3.75. The lowest BCUT2D eigenvalue weighted by atomic mass is 10.0. The average molecular weight is 222 g/mol. The molecule has 0 N–H and O–H groups in total. The highest BCUT2D eigenvalue weighted by Gasteiger charge is 2.08. The second-order valence-corrected chi connectivity index (χ2v) is 4.14. The number of benzene rings is 2. The van der Waals surface area contributed by atoms with Crippen LogP contribution in [0.1, 0.15) is 11.1 Å². The van der Waals surface area contributed by atoms with Crippen LogP contribution in [-0.4, -0.2) is 14.2 Å². The van der Waals surface area contributed by atoms with E-state index in [9.17, 15) is 0 Å². The van der Waals surface area contributed by atoms with Gasteiger partial charge in [-0.2, -0.15) is 0 Å². The van der Waals surface area contributed by atoms with Crippen LogP contribution in [0.5, 0.6) is 0 Å². The molecule has 17 heavy (non-hydrogen) atoms. The highest BCUT2D eigenvalue weighted by Crippen LogP contribution is 2.11. The fourth-order valence-electron chi connectivity index (χ4n) is 1.92. The van der Waals surface area contributed by atoms with Crippen molar-refractivity contribution in [2.75, 3.05) is 0 Å². The summed E-state index contributed by atoms with van der Waals surface area (Å²) in [6, 6.07) is 20.5. The van der Waals surface area contributed by atoms with Gasteiger partial charge in [0.2, 0.25) is 0 Å². The van der Waals surface area contributed by atoms with Crippen LogP contribution in [0.3, 0.4) is 0 Å². The van der Waals surface area contributed by atoms with E-state index in [1.165, 1.54) is 11.1 Å². The zero-order chi connectivity index (χ0) is 11.9. The maximum Gasteiger partial charge on any atom is 0.283 e. The summed E-state index contributed by atoms with van der Waals surface area (Å²) < 4.78 is 5.06. The van der Waals surface area contributed by atoms with Crippen molar-refractivity contribution >= 4 is 8.05 Å². The summed E-state index contributed by atoms with van der Waals surface area (Å²) in [5.74, 6) is 0. The van der Waals surface area contributed by atoms with Gasteiger partial charge in [0.05, 0.1) is 0 Å². The van der Waals surface area contributed by atoms with Crippen LogP contribution < -0.4 is 0 Å². The molecule has 0 unspecified atom stereocenters. The maximum absolute atomic E-state index is 5.37. The molecule has 2 rings (SSSR count). The van der Waals surface area contributed by atoms with Gasteiger partial charge in [0.25, 0.3) is 8.05 Å². The molecule has 1 nitrogen and oxygen atoms in total. The molecule has 0 aromatic heterocycles. The predicted molar refractivity (Wildman–Crippen MR) is 70.9 cm³/mol. The quantitative estimate of drug-likeness (QED) is 0.706. The molecular weight excluding hydrogens is 207 g/mol. The van der Waals surface area contributed by atoms with E-state index in [4.69, 9.17) is 12.7 Å². The van der Waals surface area contributed by atoms with Crippen molar-refractivity contribution in [3.63, 3.8) is 0 Å². The molecule has 0 spiro atoms. The van der Waals surface area contributed by atoms with Crippen molar-refractivity contribution in [3.05, 3.63) is 71.8 Å². The Hall–Kier alpha value is -1.54. The van der Waals surface area contributed by atoms with Gasteiger partial charge in [-0.15, -0.1) is 0 Å². The van der Waals surface area contributed by atoms with E-state index >= 15 is 0 Å². The predicted octanol–water partition coefficient (Wildman–Crippen LogP) is 2.94. The summed E-state index contributed by atoms with van der Waals surface area (Å²) in [6.07, 6.45) is 1.71. The molecule has 2 aromatic carbocycles. The largest absolute Gasteiger partial charge is 0.444 e. The number of hydrogen-bond acceptors (Lipinski definition) is 1. The lowest BCUT2D eigenvalue weighted by molar-refractivity contribution is 0.222. The van der Waals surface area contributed by atoms with Crippen LogP contribution in [0.25, 0.3) is 0 Å². The van der Waals surface area contributed by atoms with Crippen LogP contribution in [0.2, 0.25) is 0 Å². The summed E-state index contributed by atoms with van der Waals surface area (Å²) in [6.45, 7) is 0. The van der Waals surface area contributed by atoms with Crippen LogP contribution in [0.15, 0.2) is 60.7 Å². The Morgan fingerprint density at radius 3 is 1.53 bits per heavy atom. The van der Waals surface area contributed by atoms with Gasteiger partial charge in [-0.1, -0.05) is 60.7 Å². The molecule has 0 saturated heterocycles. The Labute approximate surface area is 104 Å². The topological polar surface area (TPSA) is 9.23 Å². The molecule has 0 aliphatic rings. The molecule has 0 aliphatic carbocycles. The third-order valence-electron chi connectivity index (χ3n) is 2.80. The molecule has 0 heterocycles. The normalized spacial score (nSPS) is 10.6. The Morgan fingerprint density at radius 1 is 0.765 bits per heavy atom. The van der Waals surface area contributed by atoms with E-state index in [0.717, 1.165) is 12.8 Å². The van der Waals surface area contributed by atoms with Gasteiger partial charge in [0.15, 0.2) is 0 Å². The molecule has 0 aliphatic heterocycles. The van der Waals surface area contributed by atoms with Crippen LogP contribution in [0.4, 0.5) is 0 Å². The Kier molecular flexibility index (Phi) is 4.40. The zero-order valence-electron chi connectivity index (χ0n) is 9.75. The summed E-state index contributed by atoms with van der Waals surface area (Å²) in [7, 11) is 5.37. The maximum atomic E-state index is 5.37. The van der Waals surface area contributed by atoms with Crippen molar-refractivity contribution in [2.45, 2.75) is 18.9 Å². The minimum Gasteiger partial charge on any atom is -0.444 e. The molecule has 0 bridgehead atoms. The van der Waals surface area contributed by atoms with Gasteiger partial charge >= 0.3 is 0 Å². The fourth-order valence-corrected chi connectivity index (χ4v) is 1.92. The SMILES string of the molecule is [B]OC(Cc1ccccc1)Cc1ccccc1. The van der Waals surface area contributed by atoms with E-state index in [0.29, 0.717) is 0 Å².